The summed E-state index contributed by atoms with van der Waals surface area (Å²) in [6.45, 7) is 3.60. The van der Waals surface area contributed by atoms with Crippen LogP contribution in [0.2, 0.25) is 0 Å². The van der Waals surface area contributed by atoms with Gasteiger partial charge in [-0.05, 0) is 38.1 Å². The van der Waals surface area contributed by atoms with Crippen molar-refractivity contribution < 1.29 is 9.32 Å². The highest BCUT2D eigenvalue weighted by Crippen LogP contribution is 2.21. The van der Waals surface area contributed by atoms with Crippen molar-refractivity contribution in [2.75, 3.05) is 5.32 Å². The summed E-state index contributed by atoms with van der Waals surface area (Å²) in [5.74, 6) is 0.351. The van der Waals surface area contributed by atoms with Gasteiger partial charge in [-0.15, -0.1) is 0 Å². The van der Waals surface area contributed by atoms with Crippen molar-refractivity contribution in [2.24, 2.45) is 0 Å². The molecule has 0 bridgehead atoms. The molecule has 6 nitrogen and oxygen atoms in total. The summed E-state index contributed by atoms with van der Waals surface area (Å²) in [6.07, 6.45) is 0. The number of pyridine rings is 1. The molecule has 2 aromatic heterocycles. The van der Waals surface area contributed by atoms with Crippen LogP contribution in [0, 0.1) is 13.8 Å². The maximum atomic E-state index is 12.7. The van der Waals surface area contributed by atoms with Gasteiger partial charge in [0.1, 0.15) is 17.9 Å². The van der Waals surface area contributed by atoms with Gasteiger partial charge in [-0.25, -0.2) is 0 Å². The van der Waals surface area contributed by atoms with Gasteiger partial charge in [0.05, 0.1) is 11.0 Å². The molecule has 2 heterocycles. The Hall–Kier alpha value is -3.41. The number of hydrogen-bond donors (Lipinski definition) is 1. The molecule has 0 aliphatic heterocycles. The van der Waals surface area contributed by atoms with Gasteiger partial charge in [0.2, 0.25) is 5.91 Å². The zero-order chi connectivity index (χ0) is 18.3. The van der Waals surface area contributed by atoms with Gasteiger partial charge >= 0.3 is 0 Å². The van der Waals surface area contributed by atoms with E-state index in [1.165, 1.54) is 0 Å². The third-order valence-corrected chi connectivity index (χ3v) is 4.48. The average Bonchev–Trinajstić information content (AvgIpc) is 2.97. The first-order valence-electron chi connectivity index (χ1n) is 8.29. The van der Waals surface area contributed by atoms with Crippen LogP contribution in [-0.4, -0.2) is 15.6 Å². The van der Waals surface area contributed by atoms with E-state index in [-0.39, 0.29) is 17.9 Å². The Morgan fingerprint density at radius 1 is 1.04 bits per heavy atom. The van der Waals surface area contributed by atoms with Crippen molar-refractivity contribution in [3.8, 4) is 0 Å². The summed E-state index contributed by atoms with van der Waals surface area (Å²) in [6, 6.07) is 14.6. The Balaban J connectivity index is 1.83. The van der Waals surface area contributed by atoms with Gasteiger partial charge in [0, 0.05) is 10.8 Å². The zero-order valence-electron chi connectivity index (χ0n) is 14.4. The second kappa shape index (κ2) is 6.15. The molecular weight excluding hydrogens is 330 g/mol. The molecule has 0 fully saturated rings. The molecule has 0 atom stereocenters. The van der Waals surface area contributed by atoms with E-state index in [1.54, 1.807) is 26.0 Å². The van der Waals surface area contributed by atoms with Crippen molar-refractivity contribution in [2.45, 2.75) is 20.4 Å². The van der Waals surface area contributed by atoms with Gasteiger partial charge in [-0.1, -0.05) is 29.4 Å². The van der Waals surface area contributed by atoms with Crippen LogP contribution in [-0.2, 0) is 11.3 Å². The van der Waals surface area contributed by atoms with E-state index >= 15 is 0 Å². The molecule has 0 unspecified atom stereocenters. The highest BCUT2D eigenvalue weighted by Gasteiger charge is 2.15. The van der Waals surface area contributed by atoms with Crippen LogP contribution in [0.25, 0.3) is 21.8 Å². The lowest BCUT2D eigenvalue weighted by atomic mass is 10.1. The molecule has 0 spiro atoms. The number of anilines is 1. The summed E-state index contributed by atoms with van der Waals surface area (Å²) < 4.78 is 6.95. The Morgan fingerprint density at radius 3 is 2.15 bits per heavy atom. The molecule has 130 valence electrons. The molecule has 0 radical (unpaired) electrons. The number of fused-ring (bicyclic) bond motifs is 2. The molecule has 0 aliphatic rings. The van der Waals surface area contributed by atoms with E-state index in [4.69, 9.17) is 4.52 Å². The molecule has 0 saturated heterocycles. The minimum Gasteiger partial charge on any atom is -0.359 e. The van der Waals surface area contributed by atoms with Gasteiger partial charge in [0.15, 0.2) is 11.2 Å². The van der Waals surface area contributed by atoms with Crippen LogP contribution in [0.15, 0.2) is 57.8 Å². The topological polar surface area (TPSA) is 77.1 Å². The smallest absolute Gasteiger partial charge is 0.244 e. The van der Waals surface area contributed by atoms with Crippen LogP contribution in [0.3, 0.4) is 0 Å². The number of benzene rings is 2. The highest BCUT2D eigenvalue weighted by atomic mass is 16.5. The number of carbonyl (C=O) groups excluding carboxylic acids is 1. The van der Waals surface area contributed by atoms with Gasteiger partial charge in [-0.3, -0.25) is 9.59 Å². The van der Waals surface area contributed by atoms with E-state index in [0.29, 0.717) is 27.9 Å². The number of amides is 1. The highest BCUT2D eigenvalue weighted by molar-refractivity contribution is 5.97. The lowest BCUT2D eigenvalue weighted by molar-refractivity contribution is -0.116. The summed E-state index contributed by atoms with van der Waals surface area (Å²) in [4.78, 5) is 25.4. The average molecular weight is 347 g/mol. The van der Waals surface area contributed by atoms with E-state index in [1.807, 2.05) is 41.0 Å². The standard InChI is InChI=1S/C20H17N3O3/c1-12-19(13(2)26-22-12)21-18(24)11-23-16-9-5-3-7-14(16)20(25)15-8-4-6-10-17(15)23/h3-10H,11H2,1-2H3,(H,21,24). The van der Waals surface area contributed by atoms with Crippen molar-refractivity contribution >= 4 is 33.4 Å². The predicted molar refractivity (Wildman–Crippen MR) is 100 cm³/mol. The number of carbonyl (C=O) groups is 1. The van der Waals surface area contributed by atoms with E-state index in [9.17, 15) is 9.59 Å². The number of nitrogens with zero attached hydrogens (tertiary/aromatic N) is 2. The molecule has 1 N–H and O–H groups in total. The summed E-state index contributed by atoms with van der Waals surface area (Å²) in [5.41, 5.74) is 2.64. The lowest BCUT2D eigenvalue weighted by Gasteiger charge is -2.15. The maximum absolute atomic E-state index is 12.7. The fourth-order valence-corrected chi connectivity index (χ4v) is 3.23. The molecule has 2 aromatic carbocycles. The number of aryl methyl sites for hydroxylation is 2. The molecule has 4 rings (SSSR count). The van der Waals surface area contributed by atoms with E-state index < -0.39 is 0 Å². The predicted octanol–water partition coefficient (Wildman–Crippen LogP) is 3.40. The fourth-order valence-electron chi connectivity index (χ4n) is 3.23. The number of para-hydroxylation sites is 2. The number of aromatic nitrogens is 2. The summed E-state index contributed by atoms with van der Waals surface area (Å²) in [5, 5.41) is 7.89. The monoisotopic (exact) mass is 347 g/mol. The van der Waals surface area contributed by atoms with Crippen molar-refractivity contribution in [3.05, 3.63) is 70.2 Å². The Morgan fingerprint density at radius 2 is 1.62 bits per heavy atom. The van der Waals surface area contributed by atoms with Crippen molar-refractivity contribution in [3.63, 3.8) is 0 Å². The van der Waals surface area contributed by atoms with Crippen LogP contribution in [0.5, 0.6) is 0 Å². The van der Waals surface area contributed by atoms with Crippen molar-refractivity contribution in [1.29, 1.82) is 0 Å². The van der Waals surface area contributed by atoms with Crippen LogP contribution < -0.4 is 10.7 Å². The second-order valence-corrected chi connectivity index (χ2v) is 6.20. The third-order valence-electron chi connectivity index (χ3n) is 4.48. The molecule has 6 heteroatoms. The number of nitrogens with one attached hydrogen (secondary N) is 1. The van der Waals surface area contributed by atoms with Gasteiger partial charge in [0.25, 0.3) is 0 Å². The Kier molecular flexibility index (Phi) is 3.80. The minimum atomic E-state index is -0.210. The minimum absolute atomic E-state index is 0.0291. The maximum Gasteiger partial charge on any atom is 0.244 e. The second-order valence-electron chi connectivity index (χ2n) is 6.20. The fraction of sp³-hybridized carbons (Fsp3) is 0.150. The zero-order valence-corrected chi connectivity index (χ0v) is 14.4. The first kappa shape index (κ1) is 16.1. The largest absolute Gasteiger partial charge is 0.359 e. The SMILES string of the molecule is Cc1noc(C)c1NC(=O)Cn1c2ccccc2c(=O)c2ccccc21. The molecule has 0 aliphatic carbocycles. The molecule has 0 saturated carbocycles. The van der Waals surface area contributed by atoms with E-state index in [0.717, 1.165) is 11.0 Å². The lowest BCUT2D eigenvalue weighted by Crippen LogP contribution is -2.22. The third kappa shape index (κ3) is 2.56. The van der Waals surface area contributed by atoms with Crippen molar-refractivity contribution in [1.82, 2.24) is 9.72 Å². The van der Waals surface area contributed by atoms with Crippen LogP contribution in [0.4, 0.5) is 5.69 Å². The van der Waals surface area contributed by atoms with Crippen LogP contribution in [0.1, 0.15) is 11.5 Å². The summed E-state index contributed by atoms with van der Waals surface area (Å²) >= 11 is 0. The quantitative estimate of drug-likeness (QED) is 0.576. The molecule has 1 amide bonds. The Labute approximate surface area is 149 Å². The molecule has 4 aromatic rings. The normalized spacial score (nSPS) is 11.2. The van der Waals surface area contributed by atoms with Gasteiger partial charge < -0.3 is 14.4 Å². The van der Waals surface area contributed by atoms with Crippen LogP contribution >= 0.6 is 0 Å². The summed E-state index contributed by atoms with van der Waals surface area (Å²) in [7, 11) is 0. The Bertz CT molecular complexity index is 1120. The molecule has 26 heavy (non-hydrogen) atoms. The first-order valence-corrected chi connectivity index (χ1v) is 8.29. The molecular formula is C20H17N3O3. The first-order chi connectivity index (χ1) is 12.6. The number of rotatable bonds is 3. The van der Waals surface area contributed by atoms with E-state index in [2.05, 4.69) is 10.5 Å². The number of hydrogen-bond acceptors (Lipinski definition) is 4. The van der Waals surface area contributed by atoms with Gasteiger partial charge in [-0.2, -0.15) is 0 Å².